The van der Waals surface area contributed by atoms with E-state index in [4.69, 9.17) is 9.47 Å². The van der Waals surface area contributed by atoms with Crippen molar-refractivity contribution in [3.05, 3.63) is 66.4 Å². The first-order valence-electron chi connectivity index (χ1n) is 7.45. The van der Waals surface area contributed by atoms with Gasteiger partial charge in [-0.25, -0.2) is 4.98 Å². The Labute approximate surface area is 130 Å². The minimum Gasteiger partial charge on any atom is -0.491 e. The van der Waals surface area contributed by atoms with E-state index >= 15 is 0 Å². The fourth-order valence-corrected chi connectivity index (χ4v) is 2.26. The zero-order valence-electron chi connectivity index (χ0n) is 12.8. The molecule has 0 aliphatic rings. The molecule has 0 spiro atoms. The van der Waals surface area contributed by atoms with Gasteiger partial charge in [-0.2, -0.15) is 0 Å². The highest BCUT2D eigenvalue weighted by Crippen LogP contribution is 2.21. The summed E-state index contributed by atoms with van der Waals surface area (Å²) in [4.78, 5) is 4.60. The Balaban J connectivity index is 1.70. The number of pyridine rings is 1. The first kappa shape index (κ1) is 14.4. The number of para-hydroxylation sites is 1. The quantitative estimate of drug-likeness (QED) is 0.689. The number of rotatable bonds is 5. The summed E-state index contributed by atoms with van der Waals surface area (Å²) < 4.78 is 11.5. The summed E-state index contributed by atoms with van der Waals surface area (Å²) in [5, 5.41) is 1.14. The van der Waals surface area contributed by atoms with Gasteiger partial charge in [0, 0.05) is 11.5 Å². The molecule has 3 rings (SSSR count). The second kappa shape index (κ2) is 6.48. The highest BCUT2D eigenvalue weighted by molar-refractivity contribution is 5.78. The van der Waals surface area contributed by atoms with E-state index < -0.39 is 0 Å². The van der Waals surface area contributed by atoms with E-state index in [9.17, 15) is 0 Å². The number of nitrogens with zero attached hydrogens (tertiary/aromatic N) is 1. The lowest BCUT2D eigenvalue weighted by molar-refractivity contribution is 0.239. The van der Waals surface area contributed by atoms with E-state index in [2.05, 4.69) is 17.1 Å². The molecule has 3 nitrogen and oxygen atoms in total. The molecule has 0 bridgehead atoms. The zero-order chi connectivity index (χ0) is 15.4. The van der Waals surface area contributed by atoms with Crippen LogP contribution in [0.2, 0.25) is 0 Å². The summed E-state index contributed by atoms with van der Waals surface area (Å²) in [6, 6.07) is 19.8. The summed E-state index contributed by atoms with van der Waals surface area (Å²) in [5.74, 6) is 1.60. The second-order valence-electron chi connectivity index (χ2n) is 5.43. The van der Waals surface area contributed by atoms with Crippen molar-refractivity contribution in [1.82, 2.24) is 4.98 Å². The van der Waals surface area contributed by atoms with Crippen molar-refractivity contribution in [3.63, 3.8) is 0 Å². The molecule has 1 aromatic heterocycles. The van der Waals surface area contributed by atoms with Crippen LogP contribution < -0.4 is 9.47 Å². The predicted molar refractivity (Wildman–Crippen MR) is 88.3 cm³/mol. The maximum Gasteiger partial charge on any atom is 0.130 e. The van der Waals surface area contributed by atoms with Crippen molar-refractivity contribution in [2.24, 2.45) is 0 Å². The molecule has 3 heteroatoms. The third-order valence-corrected chi connectivity index (χ3v) is 3.22. The van der Waals surface area contributed by atoms with Crippen molar-refractivity contribution in [2.75, 3.05) is 0 Å². The van der Waals surface area contributed by atoms with E-state index in [0.717, 1.165) is 28.1 Å². The van der Waals surface area contributed by atoms with Gasteiger partial charge in [-0.1, -0.05) is 30.3 Å². The summed E-state index contributed by atoms with van der Waals surface area (Å²) >= 11 is 0. The molecule has 0 radical (unpaired) electrons. The Morgan fingerprint density at radius 2 is 1.73 bits per heavy atom. The molecule has 0 unspecified atom stereocenters. The van der Waals surface area contributed by atoms with Gasteiger partial charge < -0.3 is 9.47 Å². The lowest BCUT2D eigenvalue weighted by atomic mass is 10.2. The average molecular weight is 293 g/mol. The number of hydrogen-bond donors (Lipinski definition) is 0. The average Bonchev–Trinajstić information content (AvgIpc) is 2.52. The molecule has 0 fully saturated rings. The minimum absolute atomic E-state index is 0.150. The van der Waals surface area contributed by atoms with Crippen LogP contribution in [0, 0.1) is 0 Å². The summed E-state index contributed by atoms with van der Waals surface area (Å²) in [5.41, 5.74) is 1.90. The molecular formula is C19H19NO2. The Bertz CT molecular complexity index is 768. The first-order valence-corrected chi connectivity index (χ1v) is 7.45. The Kier molecular flexibility index (Phi) is 4.24. The second-order valence-corrected chi connectivity index (χ2v) is 5.43. The fraction of sp³-hybridized carbons (Fsp3) is 0.211. The number of hydrogen-bond acceptors (Lipinski definition) is 3. The normalized spacial score (nSPS) is 10.9. The van der Waals surface area contributed by atoms with Crippen LogP contribution in [0.25, 0.3) is 10.9 Å². The maximum absolute atomic E-state index is 5.82. The fourth-order valence-electron chi connectivity index (χ4n) is 2.26. The van der Waals surface area contributed by atoms with Crippen molar-refractivity contribution >= 4 is 10.9 Å². The maximum atomic E-state index is 5.82. The van der Waals surface area contributed by atoms with Crippen molar-refractivity contribution in [2.45, 2.75) is 26.6 Å². The third-order valence-electron chi connectivity index (χ3n) is 3.22. The molecule has 1 heterocycles. The molecule has 2 aromatic carbocycles. The van der Waals surface area contributed by atoms with E-state index in [1.165, 1.54) is 0 Å². The topological polar surface area (TPSA) is 31.4 Å². The van der Waals surface area contributed by atoms with Crippen LogP contribution in [0.1, 0.15) is 19.5 Å². The molecule has 112 valence electrons. The molecule has 0 aliphatic heterocycles. The number of ether oxygens (including phenoxy) is 2. The van der Waals surface area contributed by atoms with Gasteiger partial charge in [0.2, 0.25) is 0 Å². The molecule has 0 saturated heterocycles. The highest BCUT2D eigenvalue weighted by atomic mass is 16.5. The SMILES string of the molecule is CC(C)Oc1cccc(OCc2ccc3ccccc3n2)c1. The number of benzene rings is 2. The molecule has 0 atom stereocenters. The number of aromatic nitrogens is 1. The van der Waals surface area contributed by atoms with Gasteiger partial charge in [-0.15, -0.1) is 0 Å². The predicted octanol–water partition coefficient (Wildman–Crippen LogP) is 4.60. The van der Waals surface area contributed by atoms with Crippen LogP contribution in [0.15, 0.2) is 60.7 Å². The molecule has 0 aliphatic carbocycles. The monoisotopic (exact) mass is 293 g/mol. The lowest BCUT2D eigenvalue weighted by Gasteiger charge is -2.11. The standard InChI is InChI=1S/C19H19NO2/c1-14(2)22-18-8-5-7-17(12-18)21-13-16-11-10-15-6-3-4-9-19(15)20-16/h3-12,14H,13H2,1-2H3. The van der Waals surface area contributed by atoms with Crippen LogP contribution in [0.5, 0.6) is 11.5 Å². The van der Waals surface area contributed by atoms with Crippen molar-refractivity contribution in [1.29, 1.82) is 0 Å². The van der Waals surface area contributed by atoms with Gasteiger partial charge in [0.1, 0.15) is 18.1 Å². The summed E-state index contributed by atoms with van der Waals surface area (Å²) in [7, 11) is 0. The van der Waals surface area contributed by atoms with Crippen LogP contribution in [0.3, 0.4) is 0 Å². The van der Waals surface area contributed by atoms with Crippen molar-refractivity contribution in [3.8, 4) is 11.5 Å². The van der Waals surface area contributed by atoms with E-state index in [1.54, 1.807) is 0 Å². The van der Waals surface area contributed by atoms with Gasteiger partial charge in [-0.05, 0) is 38.1 Å². The zero-order valence-corrected chi connectivity index (χ0v) is 12.8. The minimum atomic E-state index is 0.150. The molecule has 3 aromatic rings. The molecule has 0 saturated carbocycles. The van der Waals surface area contributed by atoms with Crippen LogP contribution in [-0.4, -0.2) is 11.1 Å². The summed E-state index contributed by atoms with van der Waals surface area (Å²) in [6.07, 6.45) is 0.150. The van der Waals surface area contributed by atoms with E-state index in [0.29, 0.717) is 6.61 Å². The van der Waals surface area contributed by atoms with Gasteiger partial charge in [0.15, 0.2) is 0 Å². The first-order chi connectivity index (χ1) is 10.7. The van der Waals surface area contributed by atoms with Gasteiger partial charge >= 0.3 is 0 Å². The molecule has 0 N–H and O–H groups in total. The van der Waals surface area contributed by atoms with Gasteiger partial charge in [0.25, 0.3) is 0 Å². The van der Waals surface area contributed by atoms with Crippen LogP contribution in [0.4, 0.5) is 0 Å². The smallest absolute Gasteiger partial charge is 0.130 e. The van der Waals surface area contributed by atoms with E-state index in [1.807, 2.05) is 62.4 Å². The Morgan fingerprint density at radius 3 is 2.59 bits per heavy atom. The largest absolute Gasteiger partial charge is 0.491 e. The molecule has 22 heavy (non-hydrogen) atoms. The Hall–Kier alpha value is -2.55. The third kappa shape index (κ3) is 3.55. The van der Waals surface area contributed by atoms with Crippen LogP contribution >= 0.6 is 0 Å². The van der Waals surface area contributed by atoms with Crippen LogP contribution in [-0.2, 0) is 6.61 Å². The van der Waals surface area contributed by atoms with Crippen molar-refractivity contribution < 1.29 is 9.47 Å². The Morgan fingerprint density at radius 1 is 0.909 bits per heavy atom. The molecular weight excluding hydrogens is 274 g/mol. The highest BCUT2D eigenvalue weighted by Gasteiger charge is 2.02. The summed E-state index contributed by atoms with van der Waals surface area (Å²) in [6.45, 7) is 4.45. The van der Waals surface area contributed by atoms with Gasteiger partial charge in [-0.3, -0.25) is 0 Å². The van der Waals surface area contributed by atoms with Gasteiger partial charge in [0.05, 0.1) is 17.3 Å². The lowest BCUT2D eigenvalue weighted by Crippen LogP contribution is -2.05. The molecule has 0 amide bonds. The van der Waals surface area contributed by atoms with E-state index in [-0.39, 0.29) is 6.10 Å². The number of fused-ring (bicyclic) bond motifs is 1.